The Morgan fingerprint density at radius 3 is 2.79 bits per heavy atom. The van der Waals surface area contributed by atoms with Crippen molar-refractivity contribution in [2.24, 2.45) is 22.7 Å². The maximum Gasteiger partial charge on any atom is 0.123 e. The average molecular weight is 328 g/mol. The molecule has 24 heavy (non-hydrogen) atoms. The number of aliphatic hydroxyl groups excluding tert-OH is 1. The van der Waals surface area contributed by atoms with E-state index >= 15 is 0 Å². The van der Waals surface area contributed by atoms with Crippen LogP contribution in [-0.2, 0) is 6.42 Å². The number of hydrogen-bond donors (Lipinski definition) is 2. The van der Waals surface area contributed by atoms with Gasteiger partial charge in [-0.2, -0.15) is 0 Å². The van der Waals surface area contributed by atoms with Crippen molar-refractivity contribution in [3.63, 3.8) is 0 Å². The van der Waals surface area contributed by atoms with E-state index in [-0.39, 0.29) is 16.9 Å². The summed E-state index contributed by atoms with van der Waals surface area (Å²) in [7, 11) is 0. The second kappa shape index (κ2) is 5.01. The van der Waals surface area contributed by atoms with Gasteiger partial charge >= 0.3 is 0 Å². The number of phenols is 1. The first-order valence-corrected chi connectivity index (χ1v) is 9.11. The van der Waals surface area contributed by atoms with Crippen LogP contribution in [0, 0.1) is 22.7 Å². The molecule has 3 heteroatoms. The van der Waals surface area contributed by atoms with Crippen LogP contribution >= 0.6 is 0 Å². The van der Waals surface area contributed by atoms with Gasteiger partial charge in [-0.3, -0.25) is 0 Å². The molecule has 0 amide bonds. The molecule has 1 aliphatic heterocycles. The molecule has 1 aromatic carbocycles. The number of phenolic OH excluding ortho intramolecular Hbond substituents is 1. The van der Waals surface area contributed by atoms with Gasteiger partial charge in [-0.25, -0.2) is 0 Å². The van der Waals surface area contributed by atoms with Gasteiger partial charge in [0.05, 0.1) is 6.10 Å². The fraction of sp³-hybridized carbons (Fsp3) is 0.619. The predicted octanol–water partition coefficient (Wildman–Crippen LogP) is 4.08. The minimum Gasteiger partial charge on any atom is -0.508 e. The van der Waals surface area contributed by atoms with E-state index in [2.05, 4.69) is 27.4 Å². The number of hydrogen-bond acceptors (Lipinski definition) is 3. The molecule has 3 nitrogen and oxygen atoms in total. The van der Waals surface area contributed by atoms with Gasteiger partial charge < -0.3 is 14.9 Å². The lowest BCUT2D eigenvalue weighted by Gasteiger charge is -2.60. The number of aliphatic hydroxyl groups is 1. The second-order valence-electron chi connectivity index (χ2n) is 8.74. The van der Waals surface area contributed by atoms with Crippen molar-refractivity contribution < 1.29 is 14.9 Å². The zero-order valence-corrected chi connectivity index (χ0v) is 14.9. The summed E-state index contributed by atoms with van der Waals surface area (Å²) in [6.45, 7) is 11.3. The Hall–Kier alpha value is -1.48. The SMILES string of the molecule is C=C1[C@H](O)C[C@@H]2Oc3ccc(O)cc3C[C@]3(C)[C@@H](C)CC[C@@]1(C)[C@@H]23. The first-order valence-electron chi connectivity index (χ1n) is 9.11. The molecule has 3 aliphatic rings. The van der Waals surface area contributed by atoms with Crippen LogP contribution in [0.3, 0.4) is 0 Å². The Balaban J connectivity index is 1.89. The third-order valence-electron chi connectivity index (χ3n) is 7.48. The smallest absolute Gasteiger partial charge is 0.123 e. The Morgan fingerprint density at radius 2 is 2.04 bits per heavy atom. The predicted molar refractivity (Wildman–Crippen MR) is 94.1 cm³/mol. The Morgan fingerprint density at radius 1 is 1.29 bits per heavy atom. The largest absolute Gasteiger partial charge is 0.508 e. The summed E-state index contributed by atoms with van der Waals surface area (Å²) in [6.07, 6.45) is 3.21. The minimum atomic E-state index is -0.493. The van der Waals surface area contributed by atoms with Crippen molar-refractivity contribution in [2.75, 3.05) is 0 Å². The van der Waals surface area contributed by atoms with Crippen molar-refractivity contribution in [1.82, 2.24) is 0 Å². The molecule has 1 heterocycles. The first-order chi connectivity index (χ1) is 11.3. The Bertz CT molecular complexity index is 696. The Labute approximate surface area is 144 Å². The van der Waals surface area contributed by atoms with Gasteiger partial charge in [0.15, 0.2) is 0 Å². The zero-order chi connectivity index (χ0) is 17.3. The van der Waals surface area contributed by atoms with Gasteiger partial charge in [0.25, 0.3) is 0 Å². The molecule has 0 bridgehead atoms. The molecule has 6 atom stereocenters. The highest BCUT2D eigenvalue weighted by atomic mass is 16.5. The minimum absolute atomic E-state index is 0.00552. The van der Waals surface area contributed by atoms with Crippen LogP contribution < -0.4 is 4.74 Å². The van der Waals surface area contributed by atoms with Crippen molar-refractivity contribution in [3.05, 3.63) is 35.9 Å². The molecule has 2 fully saturated rings. The van der Waals surface area contributed by atoms with E-state index < -0.39 is 6.10 Å². The van der Waals surface area contributed by atoms with Gasteiger partial charge in [-0.1, -0.05) is 27.4 Å². The van der Waals surface area contributed by atoms with Gasteiger partial charge in [-0.05, 0) is 65.3 Å². The van der Waals surface area contributed by atoms with Crippen LogP contribution in [0.15, 0.2) is 30.4 Å². The van der Waals surface area contributed by atoms with Crippen LogP contribution in [0.4, 0.5) is 0 Å². The van der Waals surface area contributed by atoms with Gasteiger partial charge in [-0.15, -0.1) is 0 Å². The quantitative estimate of drug-likeness (QED) is 0.706. The molecule has 0 aromatic heterocycles. The summed E-state index contributed by atoms with van der Waals surface area (Å²) < 4.78 is 6.44. The second-order valence-corrected chi connectivity index (χ2v) is 8.74. The number of fused-ring (bicyclic) bond motifs is 1. The zero-order valence-electron chi connectivity index (χ0n) is 14.9. The highest BCUT2D eigenvalue weighted by molar-refractivity contribution is 5.42. The van der Waals surface area contributed by atoms with Gasteiger partial charge in [0.1, 0.15) is 17.6 Å². The van der Waals surface area contributed by atoms with Crippen molar-refractivity contribution in [2.45, 2.75) is 58.7 Å². The lowest BCUT2D eigenvalue weighted by Crippen LogP contribution is -2.59. The van der Waals surface area contributed by atoms with Crippen LogP contribution in [0.2, 0.25) is 0 Å². The van der Waals surface area contributed by atoms with Gasteiger partial charge in [0.2, 0.25) is 0 Å². The topological polar surface area (TPSA) is 49.7 Å². The van der Waals surface area contributed by atoms with E-state index in [1.807, 2.05) is 12.1 Å². The van der Waals surface area contributed by atoms with Gasteiger partial charge in [0, 0.05) is 12.3 Å². The molecular formula is C21H28O3. The molecule has 0 spiro atoms. The summed E-state index contributed by atoms with van der Waals surface area (Å²) in [6, 6.07) is 5.42. The van der Waals surface area contributed by atoms with E-state index in [0.717, 1.165) is 36.1 Å². The Kier molecular flexibility index (Phi) is 3.34. The third kappa shape index (κ3) is 2.00. The molecule has 1 aromatic rings. The van der Waals surface area contributed by atoms with E-state index in [1.54, 1.807) is 6.07 Å². The van der Waals surface area contributed by atoms with Crippen LogP contribution in [0.1, 0.15) is 45.6 Å². The molecule has 2 saturated carbocycles. The molecule has 130 valence electrons. The van der Waals surface area contributed by atoms with Crippen LogP contribution in [-0.4, -0.2) is 22.4 Å². The summed E-state index contributed by atoms with van der Waals surface area (Å²) in [4.78, 5) is 0. The highest BCUT2D eigenvalue weighted by Crippen LogP contribution is 2.64. The molecule has 2 aliphatic carbocycles. The molecule has 0 radical (unpaired) electrons. The maximum atomic E-state index is 10.6. The van der Waals surface area contributed by atoms with Crippen LogP contribution in [0.25, 0.3) is 0 Å². The van der Waals surface area contributed by atoms with Crippen molar-refractivity contribution in [3.8, 4) is 11.5 Å². The monoisotopic (exact) mass is 328 g/mol. The fourth-order valence-corrected chi connectivity index (χ4v) is 5.90. The molecular weight excluding hydrogens is 300 g/mol. The summed E-state index contributed by atoms with van der Waals surface area (Å²) in [5.41, 5.74) is 2.05. The lowest BCUT2D eigenvalue weighted by atomic mass is 9.45. The van der Waals surface area contributed by atoms with E-state index in [1.165, 1.54) is 0 Å². The van der Waals surface area contributed by atoms with E-state index in [4.69, 9.17) is 4.74 Å². The maximum absolute atomic E-state index is 10.6. The first kappa shape index (κ1) is 16.0. The standard InChI is InChI=1S/C21H28O3/c1-12-7-8-20(3)13(2)16(23)10-18-19(20)21(12,4)11-14-9-15(22)5-6-17(14)24-18/h5-6,9,12,16,18-19,22-23H,2,7-8,10-11H2,1,3-4H3/t12-,16+,18-,19+,20+,21+/m0/s1. The lowest BCUT2D eigenvalue weighted by molar-refractivity contribution is -0.119. The summed E-state index contributed by atoms with van der Waals surface area (Å²) in [5, 5.41) is 20.5. The molecule has 0 unspecified atom stereocenters. The number of ether oxygens (including phenoxy) is 1. The van der Waals surface area contributed by atoms with Crippen LogP contribution in [0.5, 0.6) is 11.5 Å². The number of aromatic hydroxyl groups is 1. The summed E-state index contributed by atoms with van der Waals surface area (Å²) in [5.74, 6) is 2.06. The highest BCUT2D eigenvalue weighted by Gasteiger charge is 2.61. The molecule has 4 rings (SSSR count). The summed E-state index contributed by atoms with van der Waals surface area (Å²) >= 11 is 0. The molecule has 2 N–H and O–H groups in total. The third-order valence-corrected chi connectivity index (χ3v) is 7.48. The number of rotatable bonds is 0. The van der Waals surface area contributed by atoms with Crippen molar-refractivity contribution >= 4 is 0 Å². The van der Waals surface area contributed by atoms with E-state index in [9.17, 15) is 10.2 Å². The average Bonchev–Trinajstić information content (AvgIpc) is 2.64. The normalized spacial score (nSPS) is 44.1. The number of benzene rings is 1. The van der Waals surface area contributed by atoms with Crippen molar-refractivity contribution in [1.29, 1.82) is 0 Å². The fourth-order valence-electron chi connectivity index (χ4n) is 5.90. The molecule has 0 saturated heterocycles. The van der Waals surface area contributed by atoms with E-state index in [0.29, 0.717) is 24.0 Å².